The summed E-state index contributed by atoms with van der Waals surface area (Å²) in [5.74, 6) is -0.627. The van der Waals surface area contributed by atoms with Crippen molar-refractivity contribution in [3.05, 3.63) is 90.2 Å². The SMILES string of the molecule is CC(C)n1nc(-c2ccccc2)c(-c2cccc(C(=O)Nc3ccc(F)cc3)c2)n1. The van der Waals surface area contributed by atoms with E-state index < -0.39 is 0 Å². The number of halogens is 1. The number of anilines is 1. The van der Waals surface area contributed by atoms with Gasteiger partial charge >= 0.3 is 0 Å². The number of rotatable bonds is 5. The molecule has 4 rings (SSSR count). The Hall–Kier alpha value is -3.80. The summed E-state index contributed by atoms with van der Waals surface area (Å²) in [6.45, 7) is 4.04. The highest BCUT2D eigenvalue weighted by Gasteiger charge is 2.17. The van der Waals surface area contributed by atoms with E-state index in [-0.39, 0.29) is 17.8 Å². The van der Waals surface area contributed by atoms with Crippen molar-refractivity contribution in [2.24, 2.45) is 0 Å². The third-order valence-corrected chi connectivity index (χ3v) is 4.64. The maximum absolute atomic E-state index is 13.1. The zero-order valence-electron chi connectivity index (χ0n) is 16.7. The first-order valence-electron chi connectivity index (χ1n) is 9.71. The Morgan fingerprint density at radius 2 is 1.50 bits per heavy atom. The van der Waals surface area contributed by atoms with Crippen LogP contribution in [0.2, 0.25) is 0 Å². The van der Waals surface area contributed by atoms with Crippen molar-refractivity contribution in [3.8, 4) is 22.5 Å². The van der Waals surface area contributed by atoms with Crippen molar-refractivity contribution >= 4 is 11.6 Å². The van der Waals surface area contributed by atoms with Gasteiger partial charge in [-0.15, -0.1) is 0 Å². The Morgan fingerprint density at radius 3 is 2.17 bits per heavy atom. The highest BCUT2D eigenvalue weighted by molar-refractivity contribution is 6.05. The van der Waals surface area contributed by atoms with Crippen LogP contribution in [-0.4, -0.2) is 20.9 Å². The van der Waals surface area contributed by atoms with E-state index in [9.17, 15) is 9.18 Å². The molecule has 0 radical (unpaired) electrons. The largest absolute Gasteiger partial charge is 0.322 e. The van der Waals surface area contributed by atoms with Gasteiger partial charge in [0.15, 0.2) is 0 Å². The Balaban J connectivity index is 1.70. The molecule has 1 amide bonds. The first-order valence-corrected chi connectivity index (χ1v) is 9.71. The lowest BCUT2D eigenvalue weighted by atomic mass is 10.0. The fraction of sp³-hybridized carbons (Fsp3) is 0.125. The predicted molar refractivity (Wildman–Crippen MR) is 116 cm³/mol. The topological polar surface area (TPSA) is 59.8 Å². The van der Waals surface area contributed by atoms with Crippen LogP contribution in [0.3, 0.4) is 0 Å². The number of hydrogen-bond acceptors (Lipinski definition) is 3. The molecule has 0 saturated heterocycles. The Morgan fingerprint density at radius 1 is 0.867 bits per heavy atom. The van der Waals surface area contributed by atoms with Gasteiger partial charge < -0.3 is 5.32 Å². The molecule has 150 valence electrons. The van der Waals surface area contributed by atoms with Crippen LogP contribution in [-0.2, 0) is 0 Å². The van der Waals surface area contributed by atoms with Crippen molar-refractivity contribution in [2.75, 3.05) is 5.32 Å². The van der Waals surface area contributed by atoms with E-state index in [1.165, 1.54) is 24.3 Å². The molecule has 0 saturated carbocycles. The lowest BCUT2D eigenvalue weighted by Crippen LogP contribution is -2.11. The van der Waals surface area contributed by atoms with Crippen LogP contribution in [0.1, 0.15) is 30.2 Å². The number of carbonyl (C=O) groups excluding carboxylic acids is 1. The van der Waals surface area contributed by atoms with E-state index in [0.29, 0.717) is 16.9 Å². The second-order valence-corrected chi connectivity index (χ2v) is 7.22. The van der Waals surface area contributed by atoms with Crippen LogP contribution in [0, 0.1) is 5.82 Å². The molecule has 1 aromatic heterocycles. The van der Waals surface area contributed by atoms with Crippen LogP contribution in [0.15, 0.2) is 78.9 Å². The summed E-state index contributed by atoms with van der Waals surface area (Å²) in [5, 5.41) is 12.1. The zero-order valence-corrected chi connectivity index (χ0v) is 16.7. The van der Waals surface area contributed by atoms with Crippen molar-refractivity contribution in [1.82, 2.24) is 15.0 Å². The van der Waals surface area contributed by atoms with Crippen LogP contribution in [0.25, 0.3) is 22.5 Å². The number of hydrogen-bond donors (Lipinski definition) is 1. The summed E-state index contributed by atoms with van der Waals surface area (Å²) in [4.78, 5) is 14.4. The quantitative estimate of drug-likeness (QED) is 0.475. The van der Waals surface area contributed by atoms with Crippen LogP contribution in [0.4, 0.5) is 10.1 Å². The monoisotopic (exact) mass is 400 g/mol. The molecule has 0 fully saturated rings. The zero-order chi connectivity index (χ0) is 21.1. The summed E-state index contributed by atoms with van der Waals surface area (Å²) >= 11 is 0. The van der Waals surface area contributed by atoms with Crippen LogP contribution >= 0.6 is 0 Å². The van der Waals surface area contributed by atoms with Gasteiger partial charge in [0, 0.05) is 22.4 Å². The minimum atomic E-state index is -0.350. The summed E-state index contributed by atoms with van der Waals surface area (Å²) in [5.41, 5.74) is 4.25. The van der Waals surface area contributed by atoms with Gasteiger partial charge in [0.05, 0.1) is 6.04 Å². The van der Waals surface area contributed by atoms with Gasteiger partial charge in [0.25, 0.3) is 5.91 Å². The van der Waals surface area contributed by atoms with E-state index in [1.54, 1.807) is 16.9 Å². The molecule has 0 aliphatic heterocycles. The van der Waals surface area contributed by atoms with Gasteiger partial charge in [-0.1, -0.05) is 42.5 Å². The molecule has 5 nitrogen and oxygen atoms in total. The highest BCUT2D eigenvalue weighted by atomic mass is 19.1. The maximum Gasteiger partial charge on any atom is 0.255 e. The number of nitrogens with one attached hydrogen (secondary N) is 1. The van der Waals surface area contributed by atoms with Crippen LogP contribution < -0.4 is 5.32 Å². The Labute approximate surface area is 174 Å². The molecule has 0 aliphatic carbocycles. The minimum absolute atomic E-state index is 0.103. The van der Waals surface area contributed by atoms with Crippen molar-refractivity contribution in [2.45, 2.75) is 19.9 Å². The molecule has 0 spiro atoms. The predicted octanol–water partition coefficient (Wildman–Crippen LogP) is 5.58. The number of aromatic nitrogens is 3. The van der Waals surface area contributed by atoms with Gasteiger partial charge in [-0.2, -0.15) is 15.0 Å². The second-order valence-electron chi connectivity index (χ2n) is 7.22. The molecule has 30 heavy (non-hydrogen) atoms. The molecule has 1 heterocycles. The lowest BCUT2D eigenvalue weighted by Gasteiger charge is -2.07. The van der Waals surface area contributed by atoms with Gasteiger partial charge in [-0.05, 0) is 50.2 Å². The molecule has 3 aromatic carbocycles. The van der Waals surface area contributed by atoms with Crippen molar-refractivity contribution in [3.63, 3.8) is 0 Å². The normalized spacial score (nSPS) is 10.9. The molecule has 0 bridgehead atoms. The summed E-state index contributed by atoms with van der Waals surface area (Å²) in [7, 11) is 0. The average Bonchev–Trinajstić information content (AvgIpc) is 3.22. The molecule has 6 heteroatoms. The fourth-order valence-corrected chi connectivity index (χ4v) is 3.08. The smallest absolute Gasteiger partial charge is 0.255 e. The minimum Gasteiger partial charge on any atom is -0.322 e. The molecular formula is C24H21FN4O. The van der Waals surface area contributed by atoms with Gasteiger partial charge in [0.1, 0.15) is 17.2 Å². The van der Waals surface area contributed by atoms with E-state index in [1.807, 2.05) is 56.3 Å². The van der Waals surface area contributed by atoms with Gasteiger partial charge in [-0.25, -0.2) is 4.39 Å². The van der Waals surface area contributed by atoms with E-state index in [0.717, 1.165) is 16.8 Å². The molecule has 0 atom stereocenters. The van der Waals surface area contributed by atoms with Crippen molar-refractivity contribution < 1.29 is 9.18 Å². The third kappa shape index (κ3) is 4.12. The number of nitrogens with zero attached hydrogens (tertiary/aromatic N) is 3. The lowest BCUT2D eigenvalue weighted by molar-refractivity contribution is 0.102. The first-order chi connectivity index (χ1) is 14.5. The summed E-state index contributed by atoms with van der Waals surface area (Å²) in [6, 6.07) is 22.9. The standard InChI is InChI=1S/C24H21FN4O/c1-16(2)29-27-22(17-7-4-3-5-8-17)23(28-29)18-9-6-10-19(15-18)24(30)26-21-13-11-20(25)12-14-21/h3-16H,1-2H3,(H,26,30). The molecule has 1 N–H and O–H groups in total. The second kappa shape index (κ2) is 8.29. The maximum atomic E-state index is 13.1. The number of benzene rings is 3. The van der Waals surface area contributed by atoms with E-state index in [4.69, 9.17) is 0 Å². The van der Waals surface area contributed by atoms with Gasteiger partial charge in [0.2, 0.25) is 0 Å². The third-order valence-electron chi connectivity index (χ3n) is 4.64. The van der Waals surface area contributed by atoms with E-state index >= 15 is 0 Å². The molecule has 0 unspecified atom stereocenters. The molecule has 4 aromatic rings. The molecule has 0 aliphatic rings. The first kappa shape index (κ1) is 19.5. The molecular weight excluding hydrogens is 379 g/mol. The average molecular weight is 400 g/mol. The van der Waals surface area contributed by atoms with E-state index in [2.05, 4.69) is 15.5 Å². The highest BCUT2D eigenvalue weighted by Crippen LogP contribution is 2.30. The Kier molecular flexibility index (Phi) is 5.39. The summed E-state index contributed by atoms with van der Waals surface area (Å²) < 4.78 is 13.1. The van der Waals surface area contributed by atoms with Crippen LogP contribution in [0.5, 0.6) is 0 Å². The Bertz CT molecular complexity index is 1170. The fourth-order valence-electron chi connectivity index (χ4n) is 3.08. The summed E-state index contributed by atoms with van der Waals surface area (Å²) in [6.07, 6.45) is 0. The van der Waals surface area contributed by atoms with Gasteiger partial charge in [-0.3, -0.25) is 4.79 Å². The number of carbonyl (C=O) groups is 1. The van der Waals surface area contributed by atoms with Crippen molar-refractivity contribution in [1.29, 1.82) is 0 Å². The number of amides is 1.